The number of aliphatic hydroxyl groups is 1. The van der Waals surface area contributed by atoms with E-state index in [1.165, 1.54) is 4.90 Å². The van der Waals surface area contributed by atoms with Crippen molar-refractivity contribution < 1.29 is 14.7 Å². The lowest BCUT2D eigenvalue weighted by molar-refractivity contribution is -0.130. The Morgan fingerprint density at radius 3 is 2.33 bits per heavy atom. The summed E-state index contributed by atoms with van der Waals surface area (Å²) in [6, 6.07) is 7.32. The molecule has 4 heteroatoms. The van der Waals surface area contributed by atoms with Crippen molar-refractivity contribution in [2.45, 2.75) is 19.8 Å². The van der Waals surface area contributed by atoms with E-state index < -0.39 is 0 Å². The summed E-state index contributed by atoms with van der Waals surface area (Å²) in [7, 11) is 1.62. The van der Waals surface area contributed by atoms with Crippen LogP contribution >= 0.6 is 0 Å². The third kappa shape index (κ3) is 4.30. The Labute approximate surface area is 107 Å². The summed E-state index contributed by atoms with van der Waals surface area (Å²) >= 11 is 0. The van der Waals surface area contributed by atoms with Crippen molar-refractivity contribution in [1.82, 2.24) is 4.90 Å². The molecule has 4 nitrogen and oxygen atoms in total. The molecule has 1 N–H and O–H groups in total. The Hall–Kier alpha value is -1.68. The van der Waals surface area contributed by atoms with E-state index in [1.807, 2.05) is 19.1 Å². The fraction of sp³-hybridized carbons (Fsp3) is 0.429. The third-order valence-corrected chi connectivity index (χ3v) is 2.80. The Kier molecular flexibility index (Phi) is 5.52. The van der Waals surface area contributed by atoms with E-state index >= 15 is 0 Å². The number of carbonyl (C=O) groups is 2. The summed E-state index contributed by atoms with van der Waals surface area (Å²) in [4.78, 5) is 24.8. The first-order valence-corrected chi connectivity index (χ1v) is 5.99. The Morgan fingerprint density at radius 2 is 1.78 bits per heavy atom. The molecule has 0 aromatic heterocycles. The summed E-state index contributed by atoms with van der Waals surface area (Å²) in [5.74, 6) is -0.148. The maximum absolute atomic E-state index is 11.8. The van der Waals surface area contributed by atoms with Crippen LogP contribution in [-0.2, 0) is 4.79 Å². The minimum absolute atomic E-state index is 0.0271. The third-order valence-electron chi connectivity index (χ3n) is 2.80. The van der Waals surface area contributed by atoms with Crippen LogP contribution in [0, 0.1) is 6.92 Å². The highest BCUT2D eigenvalue weighted by Crippen LogP contribution is 2.08. The van der Waals surface area contributed by atoms with E-state index in [-0.39, 0.29) is 31.1 Å². The molecular weight excluding hydrogens is 230 g/mol. The quantitative estimate of drug-likeness (QED) is 0.775. The molecule has 0 heterocycles. The minimum Gasteiger partial charge on any atom is -0.395 e. The molecule has 1 amide bonds. The first kappa shape index (κ1) is 14.4. The molecule has 18 heavy (non-hydrogen) atoms. The molecule has 1 aromatic carbocycles. The topological polar surface area (TPSA) is 57.6 Å². The van der Waals surface area contributed by atoms with Gasteiger partial charge in [0.1, 0.15) is 0 Å². The van der Waals surface area contributed by atoms with Crippen LogP contribution < -0.4 is 0 Å². The van der Waals surface area contributed by atoms with Gasteiger partial charge in [-0.25, -0.2) is 0 Å². The zero-order valence-corrected chi connectivity index (χ0v) is 10.8. The van der Waals surface area contributed by atoms with Gasteiger partial charge in [-0.1, -0.05) is 29.8 Å². The first-order valence-electron chi connectivity index (χ1n) is 5.99. The number of aliphatic hydroxyl groups excluding tert-OH is 1. The lowest BCUT2D eigenvalue weighted by atomic mass is 10.0. The van der Waals surface area contributed by atoms with Crippen LogP contribution in [0.25, 0.3) is 0 Å². The number of likely N-dealkylation sites (N-methyl/N-ethyl adjacent to an activating group) is 1. The lowest BCUT2D eigenvalue weighted by Crippen LogP contribution is -2.29. The first-order chi connectivity index (χ1) is 8.54. The Morgan fingerprint density at radius 1 is 1.17 bits per heavy atom. The number of benzene rings is 1. The van der Waals surface area contributed by atoms with Gasteiger partial charge >= 0.3 is 0 Å². The Balaban J connectivity index is 2.46. The second kappa shape index (κ2) is 6.91. The summed E-state index contributed by atoms with van der Waals surface area (Å²) in [6.07, 6.45) is 0.390. The summed E-state index contributed by atoms with van der Waals surface area (Å²) in [5, 5.41) is 8.71. The lowest BCUT2D eigenvalue weighted by Gasteiger charge is -2.15. The summed E-state index contributed by atoms with van der Waals surface area (Å²) < 4.78 is 0. The molecule has 0 radical (unpaired) electrons. The normalized spacial score (nSPS) is 10.2. The van der Waals surface area contributed by atoms with Crippen LogP contribution in [0.1, 0.15) is 28.8 Å². The van der Waals surface area contributed by atoms with Gasteiger partial charge in [0.15, 0.2) is 5.78 Å². The minimum atomic E-state index is -0.121. The van der Waals surface area contributed by atoms with E-state index in [4.69, 9.17) is 5.11 Å². The highest BCUT2D eigenvalue weighted by molar-refractivity contribution is 5.97. The number of ketones is 1. The zero-order chi connectivity index (χ0) is 13.5. The second-order valence-electron chi connectivity index (χ2n) is 4.33. The van der Waals surface area contributed by atoms with Crippen LogP contribution in [0.3, 0.4) is 0 Å². The smallest absolute Gasteiger partial charge is 0.222 e. The number of hydrogen-bond donors (Lipinski definition) is 1. The zero-order valence-electron chi connectivity index (χ0n) is 10.8. The van der Waals surface area contributed by atoms with Crippen molar-refractivity contribution in [2.75, 3.05) is 20.2 Å². The van der Waals surface area contributed by atoms with Gasteiger partial charge in [0.05, 0.1) is 6.61 Å². The van der Waals surface area contributed by atoms with Gasteiger partial charge in [-0.15, -0.1) is 0 Å². The van der Waals surface area contributed by atoms with Crippen molar-refractivity contribution in [2.24, 2.45) is 0 Å². The Bertz CT molecular complexity index is 412. The number of Topliss-reactive ketones (excluding diaryl/α,β-unsaturated/α-hetero) is 1. The standard InChI is InChI=1S/C14H19NO3/c1-11-3-5-12(6-4-11)13(17)7-8-14(18)15(2)9-10-16/h3-6,16H,7-10H2,1-2H3. The molecule has 0 aliphatic rings. The maximum Gasteiger partial charge on any atom is 0.222 e. The van der Waals surface area contributed by atoms with Crippen molar-refractivity contribution in [3.05, 3.63) is 35.4 Å². The van der Waals surface area contributed by atoms with Gasteiger partial charge in [-0.2, -0.15) is 0 Å². The van der Waals surface area contributed by atoms with Crippen molar-refractivity contribution in [3.63, 3.8) is 0 Å². The molecule has 0 bridgehead atoms. The molecule has 0 fully saturated rings. The second-order valence-corrected chi connectivity index (χ2v) is 4.33. The fourth-order valence-corrected chi connectivity index (χ4v) is 1.57. The van der Waals surface area contributed by atoms with Gasteiger partial charge in [-0.3, -0.25) is 9.59 Å². The number of amides is 1. The molecule has 0 saturated carbocycles. The van der Waals surface area contributed by atoms with E-state index in [1.54, 1.807) is 19.2 Å². The molecule has 0 spiro atoms. The molecule has 98 valence electrons. The largest absolute Gasteiger partial charge is 0.395 e. The maximum atomic E-state index is 11.8. The molecule has 0 aliphatic heterocycles. The molecule has 0 saturated heterocycles. The van der Waals surface area contributed by atoms with Gasteiger partial charge in [0.25, 0.3) is 0 Å². The molecular formula is C14H19NO3. The number of rotatable bonds is 6. The predicted octanol–water partition coefficient (Wildman–Crippen LogP) is 1.41. The highest BCUT2D eigenvalue weighted by atomic mass is 16.3. The molecule has 0 atom stereocenters. The van der Waals surface area contributed by atoms with Crippen molar-refractivity contribution >= 4 is 11.7 Å². The average molecular weight is 249 g/mol. The predicted molar refractivity (Wildman–Crippen MR) is 69.5 cm³/mol. The molecule has 0 aliphatic carbocycles. The van der Waals surface area contributed by atoms with Crippen molar-refractivity contribution in [1.29, 1.82) is 0 Å². The van der Waals surface area contributed by atoms with Crippen LogP contribution in [0.2, 0.25) is 0 Å². The van der Waals surface area contributed by atoms with E-state index in [9.17, 15) is 9.59 Å². The van der Waals surface area contributed by atoms with Crippen LogP contribution in [0.4, 0.5) is 0 Å². The van der Waals surface area contributed by atoms with Gasteiger partial charge in [0, 0.05) is 32.0 Å². The monoisotopic (exact) mass is 249 g/mol. The highest BCUT2D eigenvalue weighted by Gasteiger charge is 2.12. The SMILES string of the molecule is Cc1ccc(C(=O)CCC(=O)N(C)CCO)cc1. The van der Waals surface area contributed by atoms with E-state index in [0.29, 0.717) is 12.1 Å². The average Bonchev–Trinajstić information content (AvgIpc) is 2.36. The number of hydrogen-bond acceptors (Lipinski definition) is 3. The van der Waals surface area contributed by atoms with Crippen LogP contribution in [-0.4, -0.2) is 41.9 Å². The van der Waals surface area contributed by atoms with Crippen molar-refractivity contribution in [3.8, 4) is 0 Å². The van der Waals surface area contributed by atoms with Crippen LogP contribution in [0.5, 0.6) is 0 Å². The summed E-state index contributed by atoms with van der Waals surface area (Å²) in [6.45, 7) is 2.20. The van der Waals surface area contributed by atoms with E-state index in [2.05, 4.69) is 0 Å². The number of aryl methyl sites for hydroxylation is 1. The van der Waals surface area contributed by atoms with Gasteiger partial charge < -0.3 is 10.0 Å². The van der Waals surface area contributed by atoms with E-state index in [0.717, 1.165) is 5.56 Å². The number of carbonyl (C=O) groups excluding carboxylic acids is 2. The molecule has 1 rings (SSSR count). The van der Waals surface area contributed by atoms with Gasteiger partial charge in [-0.05, 0) is 6.92 Å². The molecule has 1 aromatic rings. The fourth-order valence-electron chi connectivity index (χ4n) is 1.57. The number of nitrogens with zero attached hydrogens (tertiary/aromatic N) is 1. The van der Waals surface area contributed by atoms with Crippen LogP contribution in [0.15, 0.2) is 24.3 Å². The summed E-state index contributed by atoms with van der Waals surface area (Å²) in [5.41, 5.74) is 1.74. The molecule has 0 unspecified atom stereocenters. The van der Waals surface area contributed by atoms with Gasteiger partial charge in [0.2, 0.25) is 5.91 Å².